The number of amides is 1. The second-order valence-corrected chi connectivity index (χ2v) is 5.68. The number of esters is 1. The third kappa shape index (κ3) is 6.31. The lowest BCUT2D eigenvalue weighted by atomic mass is 10.1. The Kier molecular flexibility index (Phi) is 7.63. The zero-order valence-electron chi connectivity index (χ0n) is 14.7. The van der Waals surface area contributed by atoms with Gasteiger partial charge >= 0.3 is 5.97 Å². The van der Waals surface area contributed by atoms with Gasteiger partial charge in [-0.05, 0) is 36.2 Å². The van der Waals surface area contributed by atoms with Crippen LogP contribution in [-0.4, -0.2) is 37.2 Å². The number of ether oxygens (including phenoxy) is 3. The number of carbonyl (C=O) groups is 2. The van der Waals surface area contributed by atoms with E-state index >= 15 is 0 Å². The summed E-state index contributed by atoms with van der Waals surface area (Å²) in [7, 11) is 1.51. The van der Waals surface area contributed by atoms with Gasteiger partial charge in [-0.1, -0.05) is 23.7 Å². The topological polar surface area (TPSA) is 86.8 Å². The number of benzene rings is 1. The maximum absolute atomic E-state index is 11.8. The van der Waals surface area contributed by atoms with E-state index in [9.17, 15) is 9.59 Å². The fourth-order valence-electron chi connectivity index (χ4n) is 2.11. The minimum absolute atomic E-state index is 0.146. The Balaban J connectivity index is 1.81. The lowest BCUT2D eigenvalue weighted by molar-refractivity contribution is -0.149. The number of hydrogen-bond donors (Lipinski definition) is 1. The molecule has 0 saturated heterocycles. The molecule has 7 nitrogen and oxygen atoms in total. The van der Waals surface area contributed by atoms with Gasteiger partial charge in [-0.3, -0.25) is 4.79 Å². The summed E-state index contributed by atoms with van der Waals surface area (Å²) in [6.07, 6.45) is 3.96. The van der Waals surface area contributed by atoms with E-state index in [2.05, 4.69) is 16.9 Å². The highest BCUT2D eigenvalue weighted by Crippen LogP contribution is 2.28. The molecule has 1 aromatic carbocycles. The molecule has 0 spiro atoms. The summed E-state index contributed by atoms with van der Waals surface area (Å²) in [4.78, 5) is 27.4. The normalized spacial score (nSPS) is 10.0. The van der Waals surface area contributed by atoms with E-state index in [0.29, 0.717) is 23.6 Å². The first kappa shape index (κ1) is 20.3. The smallest absolute Gasteiger partial charge is 0.344 e. The number of allylic oxidation sites excluding steroid dienone is 1. The highest BCUT2D eigenvalue weighted by Gasteiger charge is 2.12. The van der Waals surface area contributed by atoms with Crippen molar-refractivity contribution in [2.24, 2.45) is 0 Å². The monoisotopic (exact) mass is 390 g/mol. The summed E-state index contributed by atoms with van der Waals surface area (Å²) < 4.78 is 15.5. The van der Waals surface area contributed by atoms with E-state index in [1.807, 2.05) is 6.07 Å². The fourth-order valence-corrected chi connectivity index (χ4v) is 2.28. The Labute approximate surface area is 161 Å². The average molecular weight is 391 g/mol. The number of nitrogens with zero attached hydrogens (tertiary/aromatic N) is 1. The second-order valence-electron chi connectivity index (χ2n) is 5.32. The minimum Gasteiger partial charge on any atom is -0.493 e. The van der Waals surface area contributed by atoms with Gasteiger partial charge in [-0.25, -0.2) is 9.78 Å². The summed E-state index contributed by atoms with van der Waals surface area (Å²) in [5, 5.41) is 2.64. The zero-order valence-corrected chi connectivity index (χ0v) is 15.5. The van der Waals surface area contributed by atoms with Crippen LogP contribution in [-0.2, 0) is 20.7 Å². The molecular formula is C19H19ClN2O5. The Hall–Kier alpha value is -3.06. The molecule has 8 heteroatoms. The highest BCUT2D eigenvalue weighted by molar-refractivity contribution is 6.32. The van der Waals surface area contributed by atoms with Crippen molar-refractivity contribution in [3.05, 3.63) is 59.9 Å². The number of nitrogens with one attached hydrogen (secondary N) is 1. The van der Waals surface area contributed by atoms with Crippen LogP contribution >= 0.6 is 11.6 Å². The number of halogens is 1. The molecule has 1 aromatic heterocycles. The van der Waals surface area contributed by atoms with Gasteiger partial charge in [-0.15, -0.1) is 6.58 Å². The van der Waals surface area contributed by atoms with Crippen molar-refractivity contribution in [1.29, 1.82) is 0 Å². The van der Waals surface area contributed by atoms with Gasteiger partial charge in [0.1, 0.15) is 0 Å². The van der Waals surface area contributed by atoms with E-state index in [1.165, 1.54) is 13.3 Å². The fraction of sp³-hybridized carbons (Fsp3) is 0.211. The molecule has 0 aliphatic rings. The summed E-state index contributed by atoms with van der Waals surface area (Å²) in [5.41, 5.74) is 1.34. The maximum Gasteiger partial charge on any atom is 0.344 e. The van der Waals surface area contributed by atoms with Crippen LogP contribution in [0, 0.1) is 0 Å². The molecule has 1 heterocycles. The van der Waals surface area contributed by atoms with Crippen LogP contribution in [0.3, 0.4) is 0 Å². The Morgan fingerprint density at radius 2 is 2.07 bits per heavy atom. The standard InChI is InChI=1S/C19H19ClN2O5/c1-3-5-13-7-8-15(16(10-13)25-2)26-12-18(24)27-11-17(23)22-14-6-4-9-21-19(14)20/h3-4,6-10H,1,5,11-12H2,2H3,(H,22,23). The van der Waals surface area contributed by atoms with E-state index < -0.39 is 18.5 Å². The Morgan fingerprint density at radius 3 is 2.78 bits per heavy atom. The number of aromatic nitrogens is 1. The van der Waals surface area contributed by atoms with Crippen LogP contribution < -0.4 is 14.8 Å². The number of pyridine rings is 1. The third-order valence-corrected chi connectivity index (χ3v) is 3.65. The van der Waals surface area contributed by atoms with Crippen molar-refractivity contribution >= 4 is 29.2 Å². The first-order valence-corrected chi connectivity index (χ1v) is 8.38. The second kappa shape index (κ2) is 10.2. The molecule has 2 aromatic rings. The molecule has 27 heavy (non-hydrogen) atoms. The molecule has 0 fully saturated rings. The van der Waals surface area contributed by atoms with Gasteiger partial charge in [0.25, 0.3) is 5.91 Å². The van der Waals surface area contributed by atoms with Gasteiger partial charge in [0.2, 0.25) is 0 Å². The molecule has 1 amide bonds. The van der Waals surface area contributed by atoms with Crippen LogP contribution in [0.2, 0.25) is 5.15 Å². The molecular weight excluding hydrogens is 372 g/mol. The largest absolute Gasteiger partial charge is 0.493 e. The van der Waals surface area contributed by atoms with Crippen molar-refractivity contribution in [3.8, 4) is 11.5 Å². The van der Waals surface area contributed by atoms with Crippen LogP contribution in [0.5, 0.6) is 11.5 Å². The molecule has 0 unspecified atom stereocenters. The van der Waals surface area contributed by atoms with Crippen molar-refractivity contribution in [2.75, 3.05) is 25.6 Å². The Bertz CT molecular complexity index is 825. The predicted octanol–water partition coefficient (Wildman–Crippen LogP) is 3.03. The molecule has 0 bridgehead atoms. The first-order chi connectivity index (χ1) is 13.0. The van der Waals surface area contributed by atoms with Crippen LogP contribution in [0.4, 0.5) is 5.69 Å². The maximum atomic E-state index is 11.8. The summed E-state index contributed by atoms with van der Waals surface area (Å²) in [5.74, 6) is -0.343. The van der Waals surface area contributed by atoms with Gasteiger partial charge in [-0.2, -0.15) is 0 Å². The van der Waals surface area contributed by atoms with Gasteiger partial charge in [0.05, 0.1) is 12.8 Å². The van der Waals surface area contributed by atoms with Crippen LogP contribution in [0.25, 0.3) is 0 Å². The van der Waals surface area contributed by atoms with Crippen molar-refractivity contribution in [1.82, 2.24) is 4.98 Å². The molecule has 2 rings (SSSR count). The van der Waals surface area contributed by atoms with Crippen molar-refractivity contribution < 1.29 is 23.8 Å². The number of rotatable bonds is 9. The van der Waals surface area contributed by atoms with E-state index in [4.69, 9.17) is 25.8 Å². The van der Waals surface area contributed by atoms with Crippen molar-refractivity contribution in [3.63, 3.8) is 0 Å². The number of hydrogen-bond acceptors (Lipinski definition) is 6. The third-order valence-electron chi connectivity index (χ3n) is 3.35. The van der Waals surface area contributed by atoms with Crippen LogP contribution in [0.1, 0.15) is 5.56 Å². The van der Waals surface area contributed by atoms with Crippen molar-refractivity contribution in [2.45, 2.75) is 6.42 Å². The summed E-state index contributed by atoms with van der Waals surface area (Å²) >= 11 is 5.84. The number of anilines is 1. The molecule has 1 N–H and O–H groups in total. The zero-order chi connectivity index (χ0) is 19.6. The van der Waals surface area contributed by atoms with E-state index in [0.717, 1.165) is 5.56 Å². The SMILES string of the molecule is C=CCc1ccc(OCC(=O)OCC(=O)Nc2cccnc2Cl)c(OC)c1. The highest BCUT2D eigenvalue weighted by atomic mass is 35.5. The molecule has 0 aliphatic heterocycles. The Morgan fingerprint density at radius 1 is 1.26 bits per heavy atom. The molecule has 0 atom stereocenters. The molecule has 0 radical (unpaired) electrons. The predicted molar refractivity (Wildman–Crippen MR) is 101 cm³/mol. The number of carbonyl (C=O) groups excluding carboxylic acids is 2. The molecule has 142 valence electrons. The number of methoxy groups -OCH3 is 1. The summed E-state index contributed by atoms with van der Waals surface area (Å²) in [6, 6.07) is 8.54. The quantitative estimate of drug-likeness (QED) is 0.402. The lowest BCUT2D eigenvalue weighted by Crippen LogP contribution is -2.24. The minimum atomic E-state index is -0.695. The first-order valence-electron chi connectivity index (χ1n) is 8.00. The average Bonchev–Trinajstić information content (AvgIpc) is 2.67. The van der Waals surface area contributed by atoms with Crippen LogP contribution in [0.15, 0.2) is 49.2 Å². The molecule has 0 saturated carbocycles. The van der Waals surface area contributed by atoms with Gasteiger partial charge < -0.3 is 19.5 Å². The summed E-state index contributed by atoms with van der Waals surface area (Å²) in [6.45, 7) is 2.85. The van der Waals surface area contributed by atoms with E-state index in [1.54, 1.807) is 30.3 Å². The van der Waals surface area contributed by atoms with Gasteiger partial charge in [0.15, 0.2) is 29.9 Å². The van der Waals surface area contributed by atoms with Gasteiger partial charge in [0, 0.05) is 6.20 Å². The molecule has 0 aliphatic carbocycles. The van der Waals surface area contributed by atoms with E-state index in [-0.39, 0.29) is 11.8 Å². The lowest BCUT2D eigenvalue weighted by Gasteiger charge is -2.12.